The van der Waals surface area contributed by atoms with Crippen molar-refractivity contribution >= 4 is 35.7 Å². The van der Waals surface area contributed by atoms with Crippen LogP contribution in [0.25, 0.3) is 11.1 Å². The minimum atomic E-state index is -1.28. The Balaban J connectivity index is 0.000000252. The Hall–Kier alpha value is -7.08. The Morgan fingerprint density at radius 1 is 0.597 bits per heavy atom. The number of fused-ring (bicyclic) bond motifs is 3. The molecule has 1 amide bonds. The molecule has 0 aromatic heterocycles. The molecule has 1 aliphatic carbocycles. The number of alkyl carbamates (subject to hydrolysis) is 1. The van der Waals surface area contributed by atoms with Crippen molar-refractivity contribution in [2.45, 2.75) is 104 Å². The van der Waals surface area contributed by atoms with Crippen molar-refractivity contribution in [1.82, 2.24) is 5.32 Å². The number of carboxylic acids is 1. The second kappa shape index (κ2) is 23.4. The Labute approximate surface area is 393 Å². The van der Waals surface area contributed by atoms with Gasteiger partial charge in [-0.2, -0.15) is 0 Å². The standard InChI is InChI=1S/C30H33NO4.C25H29NO6/c1-22(20-26(32)35-30(2,3)4)27(29(33)34-21-23-14-8-5-9-15-23)31-28(24-16-10-6-11-17-24)25-18-12-7-13-19-25;1-15(13-21(27)32-25(2,3)4)22(23(28)29)26-24(30)31-14-20-18-11-7-5-9-16(18)17-10-6-8-12-19(17)20/h5-19,22,27H,20-21H2,1-4H3;5-12,15,20,22H,13-14H2,1-4H3,(H,26,30)(H,28,29)/t22-,27?;15-,22?/m11/s1. The zero-order valence-corrected chi connectivity index (χ0v) is 39.6. The molecule has 1 aliphatic rings. The molecule has 0 saturated carbocycles. The van der Waals surface area contributed by atoms with E-state index in [1.165, 1.54) is 0 Å². The maximum atomic E-state index is 13.3. The van der Waals surface area contributed by atoms with E-state index >= 15 is 0 Å². The van der Waals surface area contributed by atoms with Gasteiger partial charge in [0.1, 0.15) is 30.5 Å². The van der Waals surface area contributed by atoms with Crippen LogP contribution in [-0.4, -0.2) is 70.7 Å². The third-order valence-corrected chi connectivity index (χ3v) is 10.6. The van der Waals surface area contributed by atoms with E-state index in [0.717, 1.165) is 38.9 Å². The molecule has 4 atom stereocenters. The molecular formula is C55H62N2O10. The van der Waals surface area contributed by atoms with Gasteiger partial charge in [-0.05, 0) is 81.2 Å². The van der Waals surface area contributed by atoms with Crippen LogP contribution in [0.5, 0.6) is 0 Å². The number of aliphatic carboxylic acids is 1. The second-order valence-corrected chi connectivity index (χ2v) is 18.6. The van der Waals surface area contributed by atoms with Crippen LogP contribution >= 0.6 is 0 Å². The lowest BCUT2D eigenvalue weighted by Gasteiger charge is -2.24. The van der Waals surface area contributed by atoms with E-state index in [0.29, 0.717) is 5.71 Å². The van der Waals surface area contributed by atoms with Crippen LogP contribution in [0.2, 0.25) is 0 Å². The molecule has 0 aliphatic heterocycles. The molecule has 0 fully saturated rings. The lowest BCUT2D eigenvalue weighted by atomic mass is 9.96. The molecule has 12 heteroatoms. The summed E-state index contributed by atoms with van der Waals surface area (Å²) >= 11 is 0. The highest BCUT2D eigenvalue weighted by molar-refractivity contribution is 6.13. The van der Waals surface area contributed by atoms with Crippen LogP contribution in [0.15, 0.2) is 145 Å². The fourth-order valence-electron chi connectivity index (χ4n) is 7.61. The van der Waals surface area contributed by atoms with Gasteiger partial charge in [0.25, 0.3) is 0 Å². The predicted molar refractivity (Wildman–Crippen MR) is 257 cm³/mol. The number of carbonyl (C=O) groups excluding carboxylic acids is 4. The summed E-state index contributed by atoms with van der Waals surface area (Å²) in [5.41, 5.74) is 6.37. The number of nitrogens with zero attached hydrogens (tertiary/aromatic N) is 1. The zero-order chi connectivity index (χ0) is 48.7. The van der Waals surface area contributed by atoms with Crippen LogP contribution in [-0.2, 0) is 44.7 Å². The molecule has 6 rings (SSSR count). The topological polar surface area (TPSA) is 167 Å². The number of benzene rings is 5. The van der Waals surface area contributed by atoms with Gasteiger partial charge in [-0.15, -0.1) is 0 Å². The number of esters is 3. The highest BCUT2D eigenvalue weighted by atomic mass is 16.6. The summed E-state index contributed by atoms with van der Waals surface area (Å²) in [5.74, 6) is -3.86. The number of ether oxygens (including phenoxy) is 4. The van der Waals surface area contributed by atoms with Crippen LogP contribution in [0, 0.1) is 11.8 Å². The SMILES string of the molecule is C[C@H](CC(=O)OC(C)(C)C)C(N=C(c1ccccc1)c1ccccc1)C(=O)OCc1ccccc1.C[C@H](CC(=O)OC(C)(C)C)C(NC(=O)OCC1c2ccccc2-c2ccccc21)C(=O)O. The molecule has 2 N–H and O–H groups in total. The molecule has 12 nitrogen and oxygen atoms in total. The van der Waals surface area contributed by atoms with Gasteiger partial charge >= 0.3 is 30.0 Å². The van der Waals surface area contributed by atoms with E-state index in [2.05, 4.69) is 5.32 Å². The normalized spacial score (nSPS) is 13.7. The summed E-state index contributed by atoms with van der Waals surface area (Å²) in [4.78, 5) is 67.0. The van der Waals surface area contributed by atoms with Gasteiger partial charge in [0, 0.05) is 17.0 Å². The van der Waals surface area contributed by atoms with Crippen LogP contribution < -0.4 is 5.32 Å². The Kier molecular flexibility index (Phi) is 17.8. The van der Waals surface area contributed by atoms with Gasteiger partial charge in [-0.25, -0.2) is 14.4 Å². The molecular weight excluding hydrogens is 849 g/mol. The van der Waals surface area contributed by atoms with Gasteiger partial charge in [0.05, 0.1) is 18.6 Å². The van der Waals surface area contributed by atoms with Gasteiger partial charge in [0.2, 0.25) is 0 Å². The Bertz CT molecular complexity index is 2390. The van der Waals surface area contributed by atoms with Crippen molar-refractivity contribution < 1.29 is 48.0 Å². The fraction of sp³-hybridized carbons (Fsp3) is 0.345. The first-order chi connectivity index (χ1) is 31.8. The summed E-state index contributed by atoms with van der Waals surface area (Å²) in [6.45, 7) is 14.3. The molecule has 67 heavy (non-hydrogen) atoms. The molecule has 0 heterocycles. The summed E-state index contributed by atoms with van der Waals surface area (Å²) in [5, 5.41) is 11.9. The summed E-state index contributed by atoms with van der Waals surface area (Å²) in [6.07, 6.45) is -0.934. The maximum Gasteiger partial charge on any atom is 0.407 e. The fourth-order valence-corrected chi connectivity index (χ4v) is 7.61. The molecule has 352 valence electrons. The van der Waals surface area contributed by atoms with E-state index in [4.69, 9.17) is 23.9 Å². The number of hydrogen-bond donors (Lipinski definition) is 2. The molecule has 0 saturated heterocycles. The highest BCUT2D eigenvalue weighted by Crippen LogP contribution is 2.44. The van der Waals surface area contributed by atoms with Crippen molar-refractivity contribution in [2.75, 3.05) is 6.61 Å². The van der Waals surface area contributed by atoms with Crippen molar-refractivity contribution in [3.05, 3.63) is 167 Å². The van der Waals surface area contributed by atoms with Gasteiger partial charge in [-0.1, -0.05) is 153 Å². The number of amides is 1. The summed E-state index contributed by atoms with van der Waals surface area (Å²) in [7, 11) is 0. The highest BCUT2D eigenvalue weighted by Gasteiger charge is 2.34. The van der Waals surface area contributed by atoms with Crippen molar-refractivity contribution in [2.24, 2.45) is 16.8 Å². The zero-order valence-electron chi connectivity index (χ0n) is 39.6. The third kappa shape index (κ3) is 15.5. The Morgan fingerprint density at radius 3 is 1.49 bits per heavy atom. The van der Waals surface area contributed by atoms with E-state index in [1.54, 1.807) is 27.7 Å². The maximum absolute atomic E-state index is 13.3. The van der Waals surface area contributed by atoms with Crippen molar-refractivity contribution in [3.63, 3.8) is 0 Å². The number of hydrogen-bond acceptors (Lipinski definition) is 10. The minimum Gasteiger partial charge on any atom is -0.480 e. The largest absolute Gasteiger partial charge is 0.480 e. The summed E-state index contributed by atoms with van der Waals surface area (Å²) in [6, 6.07) is 42.6. The van der Waals surface area contributed by atoms with Crippen LogP contribution in [0.1, 0.15) is 102 Å². The molecule has 5 aromatic rings. The number of carbonyl (C=O) groups is 5. The van der Waals surface area contributed by atoms with Crippen LogP contribution in [0.4, 0.5) is 4.79 Å². The lowest BCUT2D eigenvalue weighted by Crippen LogP contribution is -2.46. The van der Waals surface area contributed by atoms with Gasteiger partial charge < -0.3 is 29.4 Å². The van der Waals surface area contributed by atoms with Gasteiger partial charge in [-0.3, -0.25) is 14.6 Å². The Morgan fingerprint density at radius 2 is 1.03 bits per heavy atom. The third-order valence-electron chi connectivity index (χ3n) is 10.6. The quantitative estimate of drug-likeness (QED) is 0.0552. The number of nitrogens with one attached hydrogen (secondary N) is 1. The summed E-state index contributed by atoms with van der Waals surface area (Å²) < 4.78 is 21.8. The van der Waals surface area contributed by atoms with E-state index in [9.17, 15) is 29.1 Å². The monoisotopic (exact) mass is 910 g/mol. The minimum absolute atomic E-state index is 0.0444. The van der Waals surface area contributed by atoms with Crippen molar-refractivity contribution in [3.8, 4) is 11.1 Å². The first-order valence-corrected chi connectivity index (χ1v) is 22.5. The molecule has 0 bridgehead atoms. The molecule has 5 aromatic carbocycles. The van der Waals surface area contributed by atoms with E-state index in [-0.39, 0.29) is 37.9 Å². The lowest BCUT2D eigenvalue weighted by molar-refractivity contribution is -0.158. The average Bonchev–Trinajstić information content (AvgIpc) is 3.60. The number of aliphatic imine (C=N–C) groups is 1. The molecule has 0 spiro atoms. The van der Waals surface area contributed by atoms with Crippen molar-refractivity contribution in [1.29, 1.82) is 0 Å². The molecule has 0 radical (unpaired) electrons. The first kappa shape index (κ1) is 50.9. The smallest absolute Gasteiger partial charge is 0.407 e. The first-order valence-electron chi connectivity index (χ1n) is 22.5. The van der Waals surface area contributed by atoms with Gasteiger partial charge in [0.15, 0.2) is 6.04 Å². The van der Waals surface area contributed by atoms with E-state index < -0.39 is 59.1 Å². The van der Waals surface area contributed by atoms with E-state index in [1.807, 2.05) is 167 Å². The number of carboxylic acid groups (broad SMARTS) is 1. The van der Waals surface area contributed by atoms with Crippen LogP contribution in [0.3, 0.4) is 0 Å². The molecule has 2 unspecified atom stereocenters. The predicted octanol–water partition coefficient (Wildman–Crippen LogP) is 10.4. The average molecular weight is 911 g/mol. The second-order valence-electron chi connectivity index (χ2n) is 18.6. The number of rotatable bonds is 16.